The van der Waals surface area contributed by atoms with Crippen molar-refractivity contribution in [3.63, 3.8) is 0 Å². The molecule has 0 saturated carbocycles. The fourth-order valence-electron chi connectivity index (χ4n) is 3.58. The lowest BCUT2D eigenvalue weighted by Gasteiger charge is -2.08. The maximum Gasteiger partial charge on any atom is 0.214 e. The molecule has 0 radical (unpaired) electrons. The molecule has 2 atom stereocenters. The second-order valence-electron chi connectivity index (χ2n) is 6.89. The zero-order chi connectivity index (χ0) is 18.9. The van der Waals surface area contributed by atoms with Gasteiger partial charge in [-0.05, 0) is 35.7 Å². The minimum atomic E-state index is 0.0274. The molecule has 0 spiro atoms. The summed E-state index contributed by atoms with van der Waals surface area (Å²) < 4.78 is 11.4. The zero-order valence-corrected chi connectivity index (χ0v) is 15.4. The van der Waals surface area contributed by atoms with Crippen molar-refractivity contribution in [1.29, 1.82) is 0 Å². The lowest BCUT2D eigenvalue weighted by atomic mass is 10.0. The average Bonchev–Trinajstić information content (AvgIpc) is 3.41. The third-order valence-electron chi connectivity index (χ3n) is 5.09. The van der Waals surface area contributed by atoms with E-state index in [0.717, 1.165) is 34.4 Å². The first-order chi connectivity index (χ1) is 13.8. The molecule has 2 unspecified atom stereocenters. The number of nitrogens with one attached hydrogen (secondary N) is 2. The van der Waals surface area contributed by atoms with E-state index in [2.05, 4.69) is 45.1 Å². The molecule has 3 heterocycles. The Hall–Kier alpha value is -3.22. The van der Waals surface area contributed by atoms with Gasteiger partial charge < -0.3 is 9.15 Å². The summed E-state index contributed by atoms with van der Waals surface area (Å²) in [5.74, 6) is 1.42. The van der Waals surface area contributed by atoms with Crippen molar-refractivity contribution in [2.75, 3.05) is 7.11 Å². The number of hydrazine groups is 1. The highest BCUT2D eigenvalue weighted by Crippen LogP contribution is 2.33. The van der Waals surface area contributed by atoms with E-state index in [-0.39, 0.29) is 12.1 Å². The van der Waals surface area contributed by atoms with Crippen molar-refractivity contribution in [2.24, 2.45) is 0 Å². The molecule has 1 fully saturated rings. The molecule has 140 valence electrons. The molecule has 0 amide bonds. The van der Waals surface area contributed by atoms with Gasteiger partial charge in [0, 0.05) is 17.8 Å². The maximum absolute atomic E-state index is 6.09. The predicted molar refractivity (Wildman–Crippen MR) is 107 cm³/mol. The Morgan fingerprint density at radius 3 is 2.68 bits per heavy atom. The number of oxazole rings is 1. The number of benzene rings is 2. The summed E-state index contributed by atoms with van der Waals surface area (Å²) in [5, 5.41) is 0. The summed E-state index contributed by atoms with van der Waals surface area (Å²) >= 11 is 0. The van der Waals surface area contributed by atoms with Gasteiger partial charge in [-0.25, -0.2) is 15.8 Å². The largest absolute Gasteiger partial charge is 0.495 e. The maximum atomic E-state index is 6.09. The molecular formula is C22H20N4O2. The van der Waals surface area contributed by atoms with Crippen molar-refractivity contribution < 1.29 is 9.15 Å². The minimum Gasteiger partial charge on any atom is -0.495 e. The van der Waals surface area contributed by atoms with Crippen LogP contribution >= 0.6 is 0 Å². The monoisotopic (exact) mass is 372 g/mol. The van der Waals surface area contributed by atoms with Crippen LogP contribution in [0.2, 0.25) is 0 Å². The molecule has 4 aromatic rings. The van der Waals surface area contributed by atoms with Gasteiger partial charge in [-0.3, -0.25) is 4.98 Å². The van der Waals surface area contributed by atoms with Crippen LogP contribution in [0, 0.1) is 0 Å². The van der Waals surface area contributed by atoms with Gasteiger partial charge in [0.15, 0.2) is 5.58 Å². The molecule has 1 aliphatic heterocycles. The second-order valence-corrected chi connectivity index (χ2v) is 6.89. The highest BCUT2D eigenvalue weighted by Gasteiger charge is 2.29. The molecule has 1 saturated heterocycles. The van der Waals surface area contributed by atoms with Crippen LogP contribution in [0.4, 0.5) is 0 Å². The number of pyridine rings is 1. The first kappa shape index (κ1) is 16.9. The minimum absolute atomic E-state index is 0.0274. The second kappa shape index (κ2) is 7.07. The highest BCUT2D eigenvalue weighted by atomic mass is 16.5. The number of rotatable bonds is 4. The quantitative estimate of drug-likeness (QED) is 0.560. The average molecular weight is 372 g/mol. The van der Waals surface area contributed by atoms with Gasteiger partial charge in [0.1, 0.15) is 11.3 Å². The summed E-state index contributed by atoms with van der Waals surface area (Å²) in [7, 11) is 1.64. The van der Waals surface area contributed by atoms with Gasteiger partial charge in [0.05, 0.1) is 19.3 Å². The van der Waals surface area contributed by atoms with Gasteiger partial charge >= 0.3 is 0 Å². The van der Waals surface area contributed by atoms with Crippen molar-refractivity contribution in [1.82, 2.24) is 20.8 Å². The van der Waals surface area contributed by atoms with Gasteiger partial charge in [-0.1, -0.05) is 36.4 Å². The molecule has 2 N–H and O–H groups in total. The third-order valence-corrected chi connectivity index (χ3v) is 5.09. The Morgan fingerprint density at radius 1 is 0.964 bits per heavy atom. The van der Waals surface area contributed by atoms with E-state index in [9.17, 15) is 0 Å². The van der Waals surface area contributed by atoms with Gasteiger partial charge in [0.25, 0.3) is 0 Å². The van der Waals surface area contributed by atoms with Crippen LogP contribution in [0.15, 0.2) is 71.4 Å². The van der Waals surface area contributed by atoms with Gasteiger partial charge in [0.2, 0.25) is 5.89 Å². The predicted octanol–water partition coefficient (Wildman–Crippen LogP) is 4.18. The summed E-state index contributed by atoms with van der Waals surface area (Å²) in [5.41, 5.74) is 11.5. The topological polar surface area (TPSA) is 72.2 Å². The first-order valence-corrected chi connectivity index (χ1v) is 9.26. The van der Waals surface area contributed by atoms with Gasteiger partial charge in [-0.2, -0.15) is 0 Å². The fraction of sp³-hybridized carbons (Fsp3) is 0.182. The summed E-state index contributed by atoms with van der Waals surface area (Å²) in [6.45, 7) is 0. The highest BCUT2D eigenvalue weighted by molar-refractivity contribution is 5.80. The molecule has 6 heteroatoms. The standard InChI is InChI=1S/C22H20N4O2/c1-27-17-9-16(12-23-13-17)15-7-8-18-21(10-15)28-22(24-18)20-11-19(25-26-20)14-5-3-2-4-6-14/h2-10,12-13,19-20,25-26H,11H2,1H3. The van der Waals surface area contributed by atoms with Crippen LogP contribution in [0.5, 0.6) is 5.75 Å². The summed E-state index contributed by atoms with van der Waals surface area (Å²) in [6.07, 6.45) is 4.38. The van der Waals surface area contributed by atoms with Gasteiger partial charge in [-0.15, -0.1) is 0 Å². The van der Waals surface area contributed by atoms with Crippen LogP contribution in [-0.4, -0.2) is 17.1 Å². The van der Waals surface area contributed by atoms with Crippen molar-refractivity contribution >= 4 is 11.1 Å². The zero-order valence-electron chi connectivity index (χ0n) is 15.4. The lowest BCUT2D eigenvalue weighted by molar-refractivity contribution is 0.413. The van der Waals surface area contributed by atoms with Crippen LogP contribution in [0.25, 0.3) is 22.2 Å². The number of hydrogen-bond acceptors (Lipinski definition) is 6. The number of nitrogens with zero attached hydrogens (tertiary/aromatic N) is 2. The molecule has 5 rings (SSSR count). The smallest absolute Gasteiger partial charge is 0.214 e. The van der Waals surface area contributed by atoms with Crippen LogP contribution in [-0.2, 0) is 0 Å². The Labute approximate surface area is 162 Å². The summed E-state index contributed by atoms with van der Waals surface area (Å²) in [6, 6.07) is 18.6. The van der Waals surface area contributed by atoms with Crippen molar-refractivity contribution in [3.8, 4) is 16.9 Å². The Kier molecular flexibility index (Phi) is 4.27. The van der Waals surface area contributed by atoms with E-state index in [1.807, 2.05) is 36.5 Å². The molecule has 6 nitrogen and oxygen atoms in total. The molecular weight excluding hydrogens is 352 g/mol. The lowest BCUT2D eigenvalue weighted by Crippen LogP contribution is -2.26. The van der Waals surface area contributed by atoms with E-state index in [4.69, 9.17) is 9.15 Å². The number of fused-ring (bicyclic) bond motifs is 1. The Morgan fingerprint density at radius 2 is 1.82 bits per heavy atom. The van der Waals surface area contributed by atoms with Crippen molar-refractivity contribution in [2.45, 2.75) is 18.5 Å². The van der Waals surface area contributed by atoms with E-state index >= 15 is 0 Å². The first-order valence-electron chi connectivity index (χ1n) is 9.26. The Bertz CT molecular complexity index is 1110. The normalized spacial score (nSPS) is 19.2. The van der Waals surface area contributed by atoms with E-state index < -0.39 is 0 Å². The molecule has 2 aromatic carbocycles. The fourth-order valence-corrected chi connectivity index (χ4v) is 3.58. The SMILES string of the molecule is COc1cncc(-c2ccc3nc(C4CC(c5ccccc5)NN4)oc3c2)c1. The van der Waals surface area contributed by atoms with Crippen LogP contribution < -0.4 is 15.6 Å². The van der Waals surface area contributed by atoms with Crippen LogP contribution in [0.3, 0.4) is 0 Å². The van der Waals surface area contributed by atoms with Crippen molar-refractivity contribution in [3.05, 3.63) is 78.4 Å². The molecule has 2 aromatic heterocycles. The molecule has 0 bridgehead atoms. The number of aromatic nitrogens is 2. The van der Waals surface area contributed by atoms with E-state index in [0.29, 0.717) is 5.89 Å². The number of hydrogen-bond donors (Lipinski definition) is 2. The summed E-state index contributed by atoms with van der Waals surface area (Å²) in [4.78, 5) is 8.91. The number of methoxy groups -OCH3 is 1. The third kappa shape index (κ3) is 3.13. The number of ether oxygens (including phenoxy) is 1. The molecule has 1 aliphatic rings. The Balaban J connectivity index is 1.41. The molecule has 0 aliphatic carbocycles. The van der Waals surface area contributed by atoms with E-state index in [1.54, 1.807) is 13.3 Å². The van der Waals surface area contributed by atoms with E-state index in [1.165, 1.54) is 5.56 Å². The van der Waals surface area contributed by atoms with Crippen LogP contribution in [0.1, 0.15) is 30.0 Å². The molecule has 28 heavy (non-hydrogen) atoms.